The summed E-state index contributed by atoms with van der Waals surface area (Å²) in [5.41, 5.74) is 3.97. The van der Waals surface area contributed by atoms with Gasteiger partial charge in [0, 0.05) is 17.7 Å². The summed E-state index contributed by atoms with van der Waals surface area (Å²) >= 11 is 6.54. The maximum atomic E-state index is 12.8. The molecule has 0 amide bonds. The van der Waals surface area contributed by atoms with Crippen LogP contribution < -0.4 is 10.7 Å². The zero-order valence-electron chi connectivity index (χ0n) is 13.2. The van der Waals surface area contributed by atoms with Gasteiger partial charge in [-0.3, -0.25) is 15.0 Å². The number of ketones is 2. The van der Waals surface area contributed by atoms with Gasteiger partial charge >= 0.3 is 0 Å². The standard InChI is InChI=1S/C18H15N3O2S2/c1-2-9-19-18(24)21-20-15(13-8-5-10-25-13)14-16(22)11-6-3-4-7-12(11)17(14)23/h2-8,10,14H,1,9H2,(H2,19,21,24)/b20-15+. The lowest BCUT2D eigenvalue weighted by Crippen LogP contribution is -2.35. The summed E-state index contributed by atoms with van der Waals surface area (Å²) in [6.45, 7) is 4.09. The second kappa shape index (κ2) is 7.50. The molecule has 126 valence electrons. The van der Waals surface area contributed by atoms with E-state index in [2.05, 4.69) is 22.4 Å². The minimum absolute atomic E-state index is 0.237. The first kappa shape index (κ1) is 17.2. The van der Waals surface area contributed by atoms with E-state index in [1.807, 2.05) is 17.5 Å². The lowest BCUT2D eigenvalue weighted by atomic mass is 9.96. The van der Waals surface area contributed by atoms with Gasteiger partial charge in [0.15, 0.2) is 16.7 Å². The Balaban J connectivity index is 1.94. The average Bonchev–Trinajstić information content (AvgIpc) is 3.24. The highest BCUT2D eigenvalue weighted by molar-refractivity contribution is 7.80. The van der Waals surface area contributed by atoms with E-state index >= 15 is 0 Å². The summed E-state index contributed by atoms with van der Waals surface area (Å²) in [7, 11) is 0. The topological polar surface area (TPSA) is 70.6 Å². The van der Waals surface area contributed by atoms with Crippen molar-refractivity contribution in [2.45, 2.75) is 0 Å². The monoisotopic (exact) mass is 369 g/mol. The van der Waals surface area contributed by atoms with Gasteiger partial charge in [-0.2, -0.15) is 5.10 Å². The molecule has 0 fully saturated rings. The van der Waals surface area contributed by atoms with Crippen LogP contribution in [0.4, 0.5) is 0 Å². The normalized spacial score (nSPS) is 14.3. The van der Waals surface area contributed by atoms with Crippen LogP contribution >= 0.6 is 23.6 Å². The maximum Gasteiger partial charge on any atom is 0.187 e. The van der Waals surface area contributed by atoms with Gasteiger partial charge in [-0.15, -0.1) is 17.9 Å². The number of hydrogen-bond donors (Lipinski definition) is 2. The molecule has 0 unspecified atom stereocenters. The Morgan fingerprint density at radius 1 is 1.20 bits per heavy atom. The van der Waals surface area contributed by atoms with Crippen molar-refractivity contribution in [2.24, 2.45) is 11.0 Å². The van der Waals surface area contributed by atoms with Crippen molar-refractivity contribution in [3.05, 3.63) is 70.4 Å². The SMILES string of the molecule is C=CCNC(=S)N/N=C(\c1cccs1)C1C(=O)c2ccccc2C1=O. The largest absolute Gasteiger partial charge is 0.358 e. The molecule has 1 aliphatic carbocycles. The number of benzene rings is 1. The molecular formula is C18H15N3O2S2. The van der Waals surface area contributed by atoms with E-state index in [-0.39, 0.29) is 11.6 Å². The predicted molar refractivity (Wildman–Crippen MR) is 103 cm³/mol. The Bertz CT molecular complexity index is 837. The molecular weight excluding hydrogens is 354 g/mol. The van der Waals surface area contributed by atoms with Crippen LogP contribution in [0.3, 0.4) is 0 Å². The van der Waals surface area contributed by atoms with Crippen molar-refractivity contribution in [3.8, 4) is 0 Å². The molecule has 0 aliphatic heterocycles. The Hall–Kier alpha value is -2.64. The quantitative estimate of drug-likeness (QED) is 0.279. The van der Waals surface area contributed by atoms with Gasteiger partial charge < -0.3 is 5.32 Å². The zero-order valence-corrected chi connectivity index (χ0v) is 14.8. The molecule has 3 rings (SSSR count). The summed E-state index contributed by atoms with van der Waals surface area (Å²) in [5.74, 6) is -1.43. The summed E-state index contributed by atoms with van der Waals surface area (Å²) in [6, 6.07) is 10.5. The van der Waals surface area contributed by atoms with Crippen molar-refractivity contribution in [1.82, 2.24) is 10.7 Å². The number of nitrogens with one attached hydrogen (secondary N) is 2. The summed E-state index contributed by atoms with van der Waals surface area (Å²) in [5, 5.41) is 9.34. The number of carbonyl (C=O) groups is 2. The van der Waals surface area contributed by atoms with E-state index in [4.69, 9.17) is 12.2 Å². The predicted octanol–water partition coefficient (Wildman–Crippen LogP) is 2.80. The van der Waals surface area contributed by atoms with Crippen LogP contribution in [0.25, 0.3) is 0 Å². The van der Waals surface area contributed by atoms with Crippen LogP contribution in [0.2, 0.25) is 0 Å². The molecule has 0 spiro atoms. The average molecular weight is 369 g/mol. The number of nitrogens with zero attached hydrogens (tertiary/aromatic N) is 1. The Morgan fingerprint density at radius 2 is 1.88 bits per heavy atom. The minimum Gasteiger partial charge on any atom is -0.358 e. The van der Waals surface area contributed by atoms with E-state index in [9.17, 15) is 9.59 Å². The van der Waals surface area contributed by atoms with Gasteiger partial charge in [-0.25, -0.2) is 0 Å². The van der Waals surface area contributed by atoms with E-state index in [0.29, 0.717) is 28.5 Å². The highest BCUT2D eigenvalue weighted by Crippen LogP contribution is 2.30. The van der Waals surface area contributed by atoms with E-state index in [1.165, 1.54) is 11.3 Å². The van der Waals surface area contributed by atoms with Crippen LogP contribution in [-0.2, 0) is 0 Å². The van der Waals surface area contributed by atoms with Gasteiger partial charge in [0.1, 0.15) is 5.92 Å². The first-order chi connectivity index (χ1) is 12.1. The zero-order chi connectivity index (χ0) is 17.8. The number of hydrazone groups is 1. The minimum atomic E-state index is -0.953. The number of thiophene rings is 1. The van der Waals surface area contributed by atoms with Crippen LogP contribution in [0, 0.1) is 5.92 Å². The van der Waals surface area contributed by atoms with Crippen LogP contribution in [0.5, 0.6) is 0 Å². The van der Waals surface area contributed by atoms with Gasteiger partial charge in [0.2, 0.25) is 0 Å². The highest BCUT2D eigenvalue weighted by Gasteiger charge is 2.42. The number of Topliss-reactive ketones (excluding diaryl/α,β-unsaturated/α-hetero) is 2. The molecule has 2 aromatic rings. The van der Waals surface area contributed by atoms with Crippen molar-refractivity contribution in [3.63, 3.8) is 0 Å². The van der Waals surface area contributed by atoms with Gasteiger partial charge in [-0.05, 0) is 23.7 Å². The molecule has 25 heavy (non-hydrogen) atoms. The molecule has 2 N–H and O–H groups in total. The van der Waals surface area contributed by atoms with Gasteiger partial charge in [0.05, 0.1) is 10.6 Å². The van der Waals surface area contributed by atoms with Gasteiger partial charge in [-0.1, -0.05) is 36.4 Å². The molecule has 0 bridgehead atoms. The summed E-state index contributed by atoms with van der Waals surface area (Å²) < 4.78 is 0. The third-order valence-corrected chi connectivity index (χ3v) is 4.84. The van der Waals surface area contributed by atoms with Crippen LogP contribution in [-0.4, -0.2) is 28.9 Å². The van der Waals surface area contributed by atoms with E-state index in [0.717, 1.165) is 4.88 Å². The lowest BCUT2D eigenvalue weighted by molar-refractivity contribution is 0.0883. The Kier molecular flexibility index (Phi) is 5.16. The molecule has 1 aromatic carbocycles. The van der Waals surface area contributed by atoms with Crippen molar-refractivity contribution in [2.75, 3.05) is 6.54 Å². The summed E-state index contributed by atoms with van der Waals surface area (Å²) in [4.78, 5) is 26.3. The molecule has 1 aromatic heterocycles. The van der Waals surface area contributed by atoms with Gasteiger partial charge in [0.25, 0.3) is 0 Å². The van der Waals surface area contributed by atoms with Crippen molar-refractivity contribution >= 4 is 45.9 Å². The molecule has 0 saturated carbocycles. The molecule has 1 heterocycles. The first-order valence-electron chi connectivity index (χ1n) is 7.57. The number of thiocarbonyl (C=S) groups is 1. The molecule has 1 aliphatic rings. The van der Waals surface area contributed by atoms with Crippen molar-refractivity contribution < 1.29 is 9.59 Å². The van der Waals surface area contributed by atoms with E-state index in [1.54, 1.807) is 30.3 Å². The van der Waals surface area contributed by atoms with E-state index < -0.39 is 5.92 Å². The Morgan fingerprint density at radius 3 is 2.44 bits per heavy atom. The third-order valence-electron chi connectivity index (χ3n) is 3.71. The number of hydrogen-bond acceptors (Lipinski definition) is 5. The molecule has 0 radical (unpaired) electrons. The number of fused-ring (bicyclic) bond motifs is 1. The maximum absolute atomic E-state index is 12.8. The first-order valence-corrected chi connectivity index (χ1v) is 8.86. The fourth-order valence-corrected chi connectivity index (χ4v) is 3.47. The fourth-order valence-electron chi connectivity index (χ4n) is 2.59. The number of rotatable bonds is 5. The Labute approximate surface area is 154 Å². The second-order valence-electron chi connectivity index (χ2n) is 5.29. The third kappa shape index (κ3) is 3.42. The fraction of sp³-hybridized carbons (Fsp3) is 0.111. The lowest BCUT2D eigenvalue weighted by Gasteiger charge is -2.11. The van der Waals surface area contributed by atoms with Crippen LogP contribution in [0.1, 0.15) is 25.6 Å². The number of carbonyl (C=O) groups excluding carboxylic acids is 2. The molecule has 0 atom stereocenters. The summed E-state index contributed by atoms with van der Waals surface area (Å²) in [6.07, 6.45) is 1.67. The molecule has 7 heteroatoms. The molecule has 5 nitrogen and oxygen atoms in total. The smallest absolute Gasteiger partial charge is 0.187 e. The van der Waals surface area contributed by atoms with Crippen LogP contribution in [0.15, 0.2) is 59.5 Å². The second-order valence-corrected chi connectivity index (χ2v) is 6.65. The highest BCUT2D eigenvalue weighted by atomic mass is 32.1. The molecule has 0 saturated heterocycles. The van der Waals surface area contributed by atoms with Crippen molar-refractivity contribution in [1.29, 1.82) is 0 Å².